The normalized spacial score (nSPS) is 10.0. The van der Waals surface area contributed by atoms with Crippen LogP contribution in [0.25, 0.3) is 0 Å². The highest BCUT2D eigenvalue weighted by atomic mass is 19.1. The SMILES string of the molecule is COCCCC(=O)Nc1ccncc1F. The van der Waals surface area contributed by atoms with E-state index in [4.69, 9.17) is 4.74 Å². The lowest BCUT2D eigenvalue weighted by atomic mass is 10.3. The molecule has 1 aromatic rings. The van der Waals surface area contributed by atoms with Crippen molar-refractivity contribution in [2.24, 2.45) is 0 Å². The van der Waals surface area contributed by atoms with Gasteiger partial charge in [0, 0.05) is 26.3 Å². The minimum absolute atomic E-state index is 0.160. The van der Waals surface area contributed by atoms with Gasteiger partial charge in [0.1, 0.15) is 0 Å². The number of carbonyl (C=O) groups excluding carboxylic acids is 1. The van der Waals surface area contributed by atoms with E-state index in [0.29, 0.717) is 19.4 Å². The molecule has 0 aliphatic rings. The summed E-state index contributed by atoms with van der Waals surface area (Å²) in [5.74, 6) is -0.755. The van der Waals surface area contributed by atoms with Crippen molar-refractivity contribution < 1.29 is 13.9 Å². The van der Waals surface area contributed by atoms with Gasteiger partial charge in [-0.15, -0.1) is 0 Å². The lowest BCUT2D eigenvalue weighted by Crippen LogP contribution is -2.13. The molecule has 1 amide bonds. The highest BCUT2D eigenvalue weighted by molar-refractivity contribution is 5.90. The molecular formula is C10H13FN2O2. The van der Waals surface area contributed by atoms with Crippen LogP contribution < -0.4 is 5.32 Å². The van der Waals surface area contributed by atoms with Crippen LogP contribution in [0.15, 0.2) is 18.5 Å². The van der Waals surface area contributed by atoms with Crippen molar-refractivity contribution >= 4 is 11.6 Å². The summed E-state index contributed by atoms with van der Waals surface area (Å²) >= 11 is 0. The lowest BCUT2D eigenvalue weighted by molar-refractivity contribution is -0.116. The van der Waals surface area contributed by atoms with Gasteiger partial charge >= 0.3 is 0 Å². The van der Waals surface area contributed by atoms with Crippen LogP contribution in [0.2, 0.25) is 0 Å². The summed E-state index contributed by atoms with van der Waals surface area (Å²) in [5.41, 5.74) is 0.160. The van der Waals surface area contributed by atoms with Gasteiger partial charge in [0.05, 0.1) is 11.9 Å². The molecule has 0 saturated carbocycles. The average Bonchev–Trinajstić information content (AvgIpc) is 2.22. The van der Waals surface area contributed by atoms with Gasteiger partial charge in [-0.1, -0.05) is 0 Å². The number of halogens is 1. The smallest absolute Gasteiger partial charge is 0.224 e. The predicted octanol–water partition coefficient (Wildman–Crippen LogP) is 1.59. The zero-order chi connectivity index (χ0) is 11.1. The molecule has 1 aromatic heterocycles. The molecule has 5 heteroatoms. The number of hydrogen-bond donors (Lipinski definition) is 1. The second-order valence-electron chi connectivity index (χ2n) is 3.00. The molecule has 0 saturated heterocycles. The predicted molar refractivity (Wildman–Crippen MR) is 53.9 cm³/mol. The van der Waals surface area contributed by atoms with Crippen LogP contribution in [-0.4, -0.2) is 24.6 Å². The molecule has 82 valence electrons. The number of nitrogens with one attached hydrogen (secondary N) is 1. The van der Waals surface area contributed by atoms with Gasteiger partial charge in [-0.05, 0) is 12.5 Å². The van der Waals surface area contributed by atoms with Gasteiger partial charge in [-0.3, -0.25) is 9.78 Å². The molecule has 0 spiro atoms. The van der Waals surface area contributed by atoms with E-state index in [0.717, 1.165) is 6.20 Å². The minimum atomic E-state index is -0.530. The van der Waals surface area contributed by atoms with E-state index in [1.807, 2.05) is 0 Å². The van der Waals surface area contributed by atoms with Crippen molar-refractivity contribution in [1.29, 1.82) is 0 Å². The monoisotopic (exact) mass is 212 g/mol. The fourth-order valence-electron chi connectivity index (χ4n) is 1.07. The number of aromatic nitrogens is 1. The maximum atomic E-state index is 13.0. The third-order valence-electron chi connectivity index (χ3n) is 1.80. The first-order valence-corrected chi connectivity index (χ1v) is 4.62. The van der Waals surface area contributed by atoms with E-state index >= 15 is 0 Å². The number of ether oxygens (including phenoxy) is 1. The number of pyridine rings is 1. The van der Waals surface area contributed by atoms with Crippen LogP contribution in [-0.2, 0) is 9.53 Å². The molecular weight excluding hydrogens is 199 g/mol. The molecule has 0 atom stereocenters. The number of nitrogens with zero attached hydrogens (tertiary/aromatic N) is 1. The van der Waals surface area contributed by atoms with E-state index in [2.05, 4.69) is 10.3 Å². The molecule has 0 aliphatic heterocycles. The number of hydrogen-bond acceptors (Lipinski definition) is 3. The van der Waals surface area contributed by atoms with Crippen molar-refractivity contribution in [3.63, 3.8) is 0 Å². The summed E-state index contributed by atoms with van der Waals surface area (Å²) in [6.07, 6.45) is 3.42. The molecule has 0 bridgehead atoms. The second kappa shape index (κ2) is 6.08. The Morgan fingerprint density at radius 3 is 3.13 bits per heavy atom. The van der Waals surface area contributed by atoms with E-state index < -0.39 is 5.82 Å². The summed E-state index contributed by atoms with van der Waals surface area (Å²) < 4.78 is 17.8. The van der Waals surface area contributed by atoms with Gasteiger partial charge < -0.3 is 10.1 Å². The summed E-state index contributed by atoms with van der Waals surface area (Å²) in [6, 6.07) is 1.42. The van der Waals surface area contributed by atoms with Gasteiger partial charge in [0.2, 0.25) is 5.91 Å². The third kappa shape index (κ3) is 4.03. The summed E-state index contributed by atoms with van der Waals surface area (Å²) in [5, 5.41) is 2.46. The first-order valence-electron chi connectivity index (χ1n) is 4.62. The molecule has 0 aromatic carbocycles. The summed E-state index contributed by atoms with van der Waals surface area (Å²) in [7, 11) is 1.57. The molecule has 1 N–H and O–H groups in total. The van der Waals surface area contributed by atoms with Crippen molar-refractivity contribution in [3.05, 3.63) is 24.3 Å². The van der Waals surface area contributed by atoms with Gasteiger partial charge in [0.15, 0.2) is 5.82 Å². The molecule has 4 nitrogen and oxygen atoms in total. The van der Waals surface area contributed by atoms with Crippen LogP contribution in [0, 0.1) is 5.82 Å². The number of anilines is 1. The Kier molecular flexibility index (Phi) is 4.70. The molecule has 0 radical (unpaired) electrons. The Labute approximate surface area is 87.5 Å². The number of methoxy groups -OCH3 is 1. The Morgan fingerprint density at radius 2 is 2.47 bits per heavy atom. The molecule has 0 fully saturated rings. The zero-order valence-corrected chi connectivity index (χ0v) is 8.50. The first-order chi connectivity index (χ1) is 7.24. The fourth-order valence-corrected chi connectivity index (χ4v) is 1.07. The largest absolute Gasteiger partial charge is 0.385 e. The molecule has 15 heavy (non-hydrogen) atoms. The maximum absolute atomic E-state index is 13.0. The molecule has 1 heterocycles. The van der Waals surface area contributed by atoms with Crippen LogP contribution in [0.1, 0.15) is 12.8 Å². The Morgan fingerprint density at radius 1 is 1.67 bits per heavy atom. The van der Waals surface area contributed by atoms with Crippen LogP contribution in [0.4, 0.5) is 10.1 Å². The van der Waals surface area contributed by atoms with E-state index in [1.54, 1.807) is 7.11 Å². The first kappa shape index (κ1) is 11.6. The number of rotatable bonds is 5. The molecule has 0 aliphatic carbocycles. The Bertz CT molecular complexity index is 331. The lowest BCUT2D eigenvalue weighted by Gasteiger charge is -2.05. The Hall–Kier alpha value is -1.49. The van der Waals surface area contributed by atoms with Crippen LogP contribution in [0.3, 0.4) is 0 Å². The third-order valence-corrected chi connectivity index (χ3v) is 1.80. The summed E-state index contributed by atoms with van der Waals surface area (Å²) in [4.78, 5) is 14.9. The maximum Gasteiger partial charge on any atom is 0.224 e. The van der Waals surface area contributed by atoms with Crippen molar-refractivity contribution in [2.75, 3.05) is 19.0 Å². The van der Waals surface area contributed by atoms with E-state index in [-0.39, 0.29) is 11.6 Å². The number of carbonyl (C=O) groups is 1. The highest BCUT2D eigenvalue weighted by Crippen LogP contribution is 2.11. The van der Waals surface area contributed by atoms with E-state index in [1.165, 1.54) is 12.3 Å². The number of amides is 1. The van der Waals surface area contributed by atoms with E-state index in [9.17, 15) is 9.18 Å². The van der Waals surface area contributed by atoms with Crippen molar-refractivity contribution in [3.8, 4) is 0 Å². The van der Waals surface area contributed by atoms with Crippen molar-refractivity contribution in [2.45, 2.75) is 12.8 Å². The minimum Gasteiger partial charge on any atom is -0.385 e. The van der Waals surface area contributed by atoms with Crippen LogP contribution in [0.5, 0.6) is 0 Å². The van der Waals surface area contributed by atoms with Gasteiger partial charge in [-0.25, -0.2) is 4.39 Å². The fraction of sp³-hybridized carbons (Fsp3) is 0.400. The van der Waals surface area contributed by atoms with Gasteiger partial charge in [0.25, 0.3) is 0 Å². The van der Waals surface area contributed by atoms with Crippen LogP contribution >= 0.6 is 0 Å². The van der Waals surface area contributed by atoms with Gasteiger partial charge in [-0.2, -0.15) is 0 Å². The highest BCUT2D eigenvalue weighted by Gasteiger charge is 2.05. The zero-order valence-electron chi connectivity index (χ0n) is 8.50. The Balaban J connectivity index is 2.41. The molecule has 0 unspecified atom stereocenters. The summed E-state index contributed by atoms with van der Waals surface area (Å²) in [6.45, 7) is 0.520. The topological polar surface area (TPSA) is 51.2 Å². The average molecular weight is 212 g/mol. The quantitative estimate of drug-likeness (QED) is 0.754. The standard InChI is InChI=1S/C10H13FN2O2/c1-15-6-2-3-10(14)13-9-4-5-12-7-8(9)11/h4-5,7H,2-3,6H2,1H3,(H,12,13,14). The van der Waals surface area contributed by atoms with Crippen molar-refractivity contribution in [1.82, 2.24) is 4.98 Å². The molecule has 1 rings (SSSR count). The second-order valence-corrected chi connectivity index (χ2v) is 3.00.